The van der Waals surface area contributed by atoms with E-state index in [4.69, 9.17) is 4.52 Å². The molecule has 1 aromatic carbocycles. The van der Waals surface area contributed by atoms with Crippen LogP contribution in [0.4, 0.5) is 13.2 Å². The molecular weight excluding hydrogens is 348 g/mol. The number of nitrogens with zero attached hydrogens (tertiary/aromatic N) is 2. The third kappa shape index (κ3) is 4.13. The van der Waals surface area contributed by atoms with Gasteiger partial charge in [0.15, 0.2) is 0 Å². The zero-order valence-electron chi connectivity index (χ0n) is 12.3. The molecule has 0 aliphatic carbocycles. The summed E-state index contributed by atoms with van der Waals surface area (Å²) in [5.74, 6) is -1.24. The van der Waals surface area contributed by atoms with Gasteiger partial charge in [0.1, 0.15) is 0 Å². The van der Waals surface area contributed by atoms with Gasteiger partial charge < -0.3 is 4.52 Å². The molecule has 9 heteroatoms. The Labute approximate surface area is 136 Å². The van der Waals surface area contributed by atoms with Crippen molar-refractivity contribution < 1.29 is 22.3 Å². The zero-order valence-corrected chi connectivity index (χ0v) is 14.1. The topological polar surface area (TPSA) is 52.1 Å². The van der Waals surface area contributed by atoms with E-state index in [1.165, 1.54) is 25.1 Å². The van der Waals surface area contributed by atoms with Crippen molar-refractivity contribution in [2.75, 3.05) is 6.61 Å². The van der Waals surface area contributed by atoms with Gasteiger partial charge >= 0.3 is 6.18 Å². The van der Waals surface area contributed by atoms with Crippen molar-refractivity contribution in [2.45, 2.75) is 20.0 Å². The number of hydrogen-bond donors (Lipinski definition) is 1. The molecule has 0 aliphatic heterocycles. The average Bonchev–Trinajstić information content (AvgIpc) is 2.45. The van der Waals surface area contributed by atoms with Crippen LogP contribution in [0.2, 0.25) is 0 Å². The van der Waals surface area contributed by atoms with Crippen molar-refractivity contribution in [2.24, 2.45) is 0 Å². The highest BCUT2D eigenvalue weighted by Gasteiger charge is 2.35. The van der Waals surface area contributed by atoms with Gasteiger partial charge in [-0.2, -0.15) is 13.2 Å². The predicted molar refractivity (Wildman–Crippen MR) is 85.1 cm³/mol. The Hall–Kier alpha value is -1.37. The highest BCUT2D eigenvalue weighted by Crippen LogP contribution is 2.52. The van der Waals surface area contributed by atoms with Crippen molar-refractivity contribution in [3.05, 3.63) is 41.9 Å². The molecule has 23 heavy (non-hydrogen) atoms. The summed E-state index contributed by atoms with van der Waals surface area (Å²) in [4.78, 5) is 6.97. The fourth-order valence-corrected chi connectivity index (χ4v) is 4.14. The average molecular weight is 362 g/mol. The number of hydrogen-bond acceptors (Lipinski definition) is 4. The second kappa shape index (κ2) is 6.63. The molecule has 0 amide bonds. The van der Waals surface area contributed by atoms with Crippen LogP contribution in [-0.4, -0.2) is 16.6 Å². The van der Waals surface area contributed by atoms with Crippen LogP contribution in [-0.2, 0) is 15.3 Å². The Morgan fingerprint density at radius 2 is 1.91 bits per heavy atom. The molecule has 1 atom stereocenters. The minimum atomic E-state index is -4.67. The van der Waals surface area contributed by atoms with Gasteiger partial charge in [0.2, 0.25) is 5.82 Å². The first-order valence-electron chi connectivity index (χ1n) is 6.65. The highest BCUT2D eigenvalue weighted by atomic mass is 32.7. The van der Waals surface area contributed by atoms with E-state index < -0.39 is 18.6 Å². The Balaban J connectivity index is 2.65. The lowest BCUT2D eigenvalue weighted by Gasteiger charge is -2.16. The monoisotopic (exact) mass is 362 g/mol. The van der Waals surface area contributed by atoms with Crippen molar-refractivity contribution in [3.63, 3.8) is 0 Å². The van der Waals surface area contributed by atoms with Gasteiger partial charge in [-0.1, -0.05) is 30.4 Å². The number of alkyl halides is 3. The van der Waals surface area contributed by atoms with Crippen LogP contribution in [0, 0.1) is 6.92 Å². The molecule has 0 fully saturated rings. The second-order valence-electron chi connectivity index (χ2n) is 4.67. The molecule has 124 valence electrons. The molecule has 2 rings (SSSR count). The second-order valence-corrected chi connectivity index (χ2v) is 8.03. The van der Waals surface area contributed by atoms with Crippen LogP contribution in [0.3, 0.4) is 0 Å². The quantitative estimate of drug-likeness (QED) is 0.652. The fraction of sp³-hybridized carbons (Fsp3) is 0.286. The smallest absolute Gasteiger partial charge is 0.318 e. The predicted octanol–water partition coefficient (Wildman–Crippen LogP) is 4.26. The molecule has 1 aromatic heterocycles. The first-order valence-corrected chi connectivity index (χ1v) is 9.43. The largest absolute Gasteiger partial charge is 0.451 e. The van der Waals surface area contributed by atoms with Gasteiger partial charge in [-0.15, -0.1) is 0 Å². The molecule has 4 nitrogen and oxygen atoms in total. The molecule has 0 bridgehead atoms. The zero-order chi connectivity index (χ0) is 17.3. The van der Waals surface area contributed by atoms with Crippen molar-refractivity contribution in [1.29, 1.82) is 0 Å². The maximum atomic E-state index is 12.9. The molecule has 0 radical (unpaired) electrons. The number of aryl methyl sites for hydroxylation is 1. The molecule has 0 N–H and O–H groups in total. The number of aromatic nitrogens is 2. The first-order chi connectivity index (χ1) is 10.6. The summed E-state index contributed by atoms with van der Waals surface area (Å²) < 4.78 is 56.4. The Kier molecular flexibility index (Phi) is 5.18. The van der Waals surface area contributed by atoms with E-state index in [2.05, 4.69) is 22.2 Å². The lowest BCUT2D eigenvalue weighted by molar-refractivity contribution is -0.145. The summed E-state index contributed by atoms with van der Waals surface area (Å²) in [5, 5.41) is 0.205. The third-order valence-electron chi connectivity index (χ3n) is 2.90. The summed E-state index contributed by atoms with van der Waals surface area (Å²) in [6, 6.07) is 7.65. The van der Waals surface area contributed by atoms with E-state index in [1.54, 1.807) is 19.1 Å². The van der Waals surface area contributed by atoms with Crippen LogP contribution < -0.4 is 5.30 Å². The van der Waals surface area contributed by atoms with E-state index in [0.717, 1.165) is 0 Å². The van der Waals surface area contributed by atoms with Gasteiger partial charge in [-0.25, -0.2) is 9.97 Å². The third-order valence-corrected chi connectivity index (χ3v) is 5.50. The van der Waals surface area contributed by atoms with Gasteiger partial charge in [0.25, 0.3) is 6.57 Å². The fourth-order valence-electron chi connectivity index (χ4n) is 2.01. The maximum Gasteiger partial charge on any atom is 0.451 e. The minimum Gasteiger partial charge on any atom is -0.318 e. The van der Waals surface area contributed by atoms with Crippen LogP contribution in [0.15, 0.2) is 30.3 Å². The van der Waals surface area contributed by atoms with Crippen LogP contribution in [0.1, 0.15) is 18.4 Å². The van der Waals surface area contributed by atoms with E-state index >= 15 is 0 Å². The normalized spacial score (nSPS) is 14.5. The molecular formula is C14H14F3N2O2PS. The highest BCUT2D eigenvalue weighted by molar-refractivity contribution is 8.48. The lowest BCUT2D eigenvalue weighted by atomic mass is 10.1. The van der Waals surface area contributed by atoms with Gasteiger partial charge in [-0.3, -0.25) is 4.57 Å². The first kappa shape index (κ1) is 18.0. The van der Waals surface area contributed by atoms with E-state index in [-0.39, 0.29) is 28.9 Å². The molecule has 1 heterocycles. The molecule has 1 unspecified atom stereocenters. The molecule has 0 saturated carbocycles. The van der Waals surface area contributed by atoms with Gasteiger partial charge in [-0.05, 0) is 26.0 Å². The van der Waals surface area contributed by atoms with Gasteiger partial charge in [0, 0.05) is 11.3 Å². The summed E-state index contributed by atoms with van der Waals surface area (Å²) in [7, 11) is 0. The number of benzene rings is 1. The minimum absolute atomic E-state index is 0.0226. The maximum absolute atomic E-state index is 12.9. The van der Waals surface area contributed by atoms with Crippen molar-refractivity contribution in [3.8, 4) is 11.3 Å². The SMILES string of the molecule is CCOP(=O)(S)c1ccccc1-c1cc(C)nc(C(F)(F)F)n1. The Bertz CT molecular complexity index is 768. The van der Waals surface area contributed by atoms with Crippen LogP contribution in [0.5, 0.6) is 0 Å². The number of halogens is 3. The van der Waals surface area contributed by atoms with E-state index in [0.29, 0.717) is 0 Å². The Morgan fingerprint density at radius 1 is 1.26 bits per heavy atom. The van der Waals surface area contributed by atoms with Gasteiger partial charge in [0.05, 0.1) is 17.6 Å². The summed E-state index contributed by atoms with van der Waals surface area (Å²) in [5.41, 5.74) is 0.451. The summed E-state index contributed by atoms with van der Waals surface area (Å²) >= 11 is 4.05. The summed E-state index contributed by atoms with van der Waals surface area (Å²) in [6.45, 7) is -0.216. The van der Waals surface area contributed by atoms with E-state index in [9.17, 15) is 17.7 Å². The molecule has 0 saturated heterocycles. The van der Waals surface area contributed by atoms with Crippen molar-refractivity contribution in [1.82, 2.24) is 9.97 Å². The van der Waals surface area contributed by atoms with Crippen molar-refractivity contribution >= 4 is 24.1 Å². The lowest BCUT2D eigenvalue weighted by Crippen LogP contribution is -2.14. The van der Waals surface area contributed by atoms with E-state index in [1.807, 2.05) is 0 Å². The number of thiol groups is 1. The molecule has 0 spiro atoms. The Morgan fingerprint density at radius 3 is 2.52 bits per heavy atom. The summed E-state index contributed by atoms with van der Waals surface area (Å²) in [6.07, 6.45) is -4.67. The van der Waals surface area contributed by atoms with Crippen LogP contribution >= 0.6 is 18.8 Å². The molecule has 0 aliphatic rings. The standard InChI is InChI=1S/C14H14F3N2O2PS/c1-3-21-22(20,23)12-7-5-4-6-10(12)11-8-9(2)18-13(19-11)14(15,16)17/h4-8H,3H2,1-2H3,(H,20,23). The van der Waals surface area contributed by atoms with Crippen LogP contribution in [0.25, 0.3) is 11.3 Å². The number of rotatable bonds is 4. The molecule has 2 aromatic rings.